The maximum absolute atomic E-state index is 13.0. The summed E-state index contributed by atoms with van der Waals surface area (Å²) >= 11 is 1.43. The van der Waals surface area contributed by atoms with Crippen LogP contribution in [-0.4, -0.2) is 46.4 Å². The van der Waals surface area contributed by atoms with E-state index in [0.29, 0.717) is 12.3 Å². The van der Waals surface area contributed by atoms with Gasteiger partial charge < -0.3 is 14.2 Å². The largest absolute Gasteiger partial charge is 0.467 e. The van der Waals surface area contributed by atoms with Crippen LogP contribution in [0.1, 0.15) is 38.0 Å². The Labute approximate surface area is 198 Å². The van der Waals surface area contributed by atoms with Gasteiger partial charge in [0, 0.05) is 43.0 Å². The lowest BCUT2D eigenvalue weighted by Crippen LogP contribution is -2.24. The lowest BCUT2D eigenvalue weighted by Gasteiger charge is -2.23. The van der Waals surface area contributed by atoms with Gasteiger partial charge in [-0.1, -0.05) is 43.8 Å². The third-order valence-corrected chi connectivity index (χ3v) is 7.55. The molecule has 0 unspecified atom stereocenters. The highest BCUT2D eigenvalue weighted by Gasteiger charge is 2.38. The Morgan fingerprint density at radius 3 is 2.67 bits per heavy atom. The van der Waals surface area contributed by atoms with Gasteiger partial charge in [-0.25, -0.2) is 0 Å². The van der Waals surface area contributed by atoms with E-state index < -0.39 is 0 Å². The van der Waals surface area contributed by atoms with Gasteiger partial charge in [-0.2, -0.15) is 0 Å². The summed E-state index contributed by atoms with van der Waals surface area (Å²) in [5.41, 5.74) is 3.20. The molecule has 0 amide bonds. The van der Waals surface area contributed by atoms with Gasteiger partial charge in [0.05, 0.1) is 18.6 Å². The van der Waals surface area contributed by atoms with E-state index in [9.17, 15) is 4.79 Å². The topological polar surface area (TPSA) is 67.4 Å². The van der Waals surface area contributed by atoms with Crippen LogP contribution in [0.4, 0.5) is 11.6 Å². The number of rotatable bonds is 7. The summed E-state index contributed by atoms with van der Waals surface area (Å²) in [5, 5.41) is 9.63. The maximum Gasteiger partial charge on any atom is 0.228 e. The van der Waals surface area contributed by atoms with E-state index in [1.54, 1.807) is 12.3 Å². The zero-order valence-electron chi connectivity index (χ0n) is 19.3. The summed E-state index contributed by atoms with van der Waals surface area (Å²) in [6.07, 6.45) is 5.79. The second-order valence-corrected chi connectivity index (χ2v) is 10.1. The molecule has 0 N–H and O–H groups in total. The van der Waals surface area contributed by atoms with Crippen molar-refractivity contribution < 1.29 is 9.21 Å². The van der Waals surface area contributed by atoms with E-state index in [-0.39, 0.29) is 11.2 Å². The lowest BCUT2D eigenvalue weighted by molar-refractivity contribution is -0.112. The summed E-state index contributed by atoms with van der Waals surface area (Å²) in [5.74, 6) is 2.07. The molecule has 2 aromatic heterocycles. The first-order chi connectivity index (χ1) is 15.9. The van der Waals surface area contributed by atoms with E-state index in [1.807, 2.05) is 25.2 Å². The number of carbonyl (C=O) groups is 1. The lowest BCUT2D eigenvalue weighted by atomic mass is 9.83. The van der Waals surface area contributed by atoms with Gasteiger partial charge >= 0.3 is 0 Å². The Bertz CT molecular complexity index is 1180. The van der Waals surface area contributed by atoms with Gasteiger partial charge in [0.2, 0.25) is 5.95 Å². The molecule has 0 spiro atoms. The number of likely N-dealkylation sites (N-methyl/N-ethyl adjacent to an activating group) is 1. The monoisotopic (exact) mass is 463 g/mol. The van der Waals surface area contributed by atoms with Gasteiger partial charge in [-0.05, 0) is 36.6 Å². The second-order valence-electron chi connectivity index (χ2n) is 9.13. The third kappa shape index (κ3) is 4.08. The Balaban J connectivity index is 1.35. The predicted octanol–water partition coefficient (Wildman–Crippen LogP) is 4.49. The molecule has 1 aromatic carbocycles. The average Bonchev–Trinajstić information content (AvgIpc) is 3.60. The quantitative estimate of drug-likeness (QED) is 0.378. The van der Waals surface area contributed by atoms with Crippen molar-refractivity contribution in [3.63, 3.8) is 0 Å². The molecular weight excluding hydrogens is 434 g/mol. The van der Waals surface area contributed by atoms with Crippen LogP contribution in [0.3, 0.4) is 0 Å². The molecule has 172 valence electrons. The van der Waals surface area contributed by atoms with Gasteiger partial charge in [-0.15, -0.1) is 10.2 Å². The molecule has 3 aromatic rings. The first-order valence-corrected chi connectivity index (χ1v) is 12.4. The summed E-state index contributed by atoms with van der Waals surface area (Å²) in [4.78, 5) is 17.4. The van der Waals surface area contributed by atoms with E-state index >= 15 is 0 Å². The zero-order valence-corrected chi connectivity index (χ0v) is 20.1. The minimum absolute atomic E-state index is 0.0676. The van der Waals surface area contributed by atoms with E-state index in [1.165, 1.54) is 17.3 Å². The number of nitrogens with zero attached hydrogens (tertiary/aromatic N) is 5. The number of ketones is 1. The molecule has 1 fully saturated rings. The van der Waals surface area contributed by atoms with Crippen LogP contribution in [0.2, 0.25) is 0 Å². The number of benzene rings is 1. The van der Waals surface area contributed by atoms with Crippen molar-refractivity contribution in [3.05, 3.63) is 65.8 Å². The highest BCUT2D eigenvalue weighted by molar-refractivity contribution is 7.99. The number of hydrogen-bond donors (Lipinski definition) is 0. The molecule has 0 aliphatic carbocycles. The number of thioether (sulfide) groups is 1. The molecule has 0 bridgehead atoms. The van der Waals surface area contributed by atoms with E-state index in [0.717, 1.165) is 54.2 Å². The molecule has 33 heavy (non-hydrogen) atoms. The molecule has 8 heteroatoms. The van der Waals surface area contributed by atoms with Gasteiger partial charge in [-0.3, -0.25) is 9.36 Å². The minimum atomic E-state index is -0.214. The third-order valence-electron chi connectivity index (χ3n) is 6.56. The van der Waals surface area contributed by atoms with Crippen molar-refractivity contribution in [1.29, 1.82) is 0 Å². The van der Waals surface area contributed by atoms with Crippen molar-refractivity contribution in [2.24, 2.45) is 0 Å². The highest BCUT2D eigenvalue weighted by atomic mass is 32.2. The predicted molar refractivity (Wildman–Crippen MR) is 131 cm³/mol. The van der Waals surface area contributed by atoms with E-state index in [2.05, 4.69) is 56.6 Å². The van der Waals surface area contributed by atoms with Crippen LogP contribution in [0.25, 0.3) is 0 Å². The number of carbonyl (C=O) groups excluding carboxylic acids is 1. The maximum atomic E-state index is 13.0. The van der Waals surface area contributed by atoms with Gasteiger partial charge in [0.15, 0.2) is 10.9 Å². The fraction of sp³-hybridized carbons (Fsp3) is 0.400. The number of furan rings is 1. The van der Waals surface area contributed by atoms with Gasteiger partial charge in [0.1, 0.15) is 5.76 Å². The molecule has 2 aliphatic rings. The van der Waals surface area contributed by atoms with Crippen LogP contribution < -0.4 is 9.80 Å². The van der Waals surface area contributed by atoms with Crippen molar-refractivity contribution in [3.8, 4) is 0 Å². The van der Waals surface area contributed by atoms with Crippen LogP contribution in [0, 0.1) is 0 Å². The van der Waals surface area contributed by atoms with Crippen molar-refractivity contribution >= 4 is 29.2 Å². The fourth-order valence-electron chi connectivity index (χ4n) is 4.82. The first-order valence-electron chi connectivity index (χ1n) is 11.4. The molecular formula is C25H29N5O2S. The molecule has 2 aliphatic heterocycles. The number of allylic oxidation sites excluding steroid dienone is 2. The fourth-order valence-corrected chi connectivity index (χ4v) is 5.58. The van der Waals surface area contributed by atoms with Crippen LogP contribution in [0.15, 0.2) is 64.0 Å². The Morgan fingerprint density at radius 1 is 1.15 bits per heavy atom. The molecule has 0 saturated carbocycles. The van der Waals surface area contributed by atoms with Crippen molar-refractivity contribution in [1.82, 2.24) is 14.8 Å². The number of anilines is 2. The normalized spacial score (nSPS) is 18.3. The molecule has 0 atom stereocenters. The van der Waals surface area contributed by atoms with Crippen LogP contribution >= 0.6 is 11.8 Å². The SMILES string of the molecule is CN1/C(=C\C(=O)CSc2nnc(N3CCCC3)n2Cc2ccco2)C(C)(C)c2ccccc21. The number of para-hydroxylation sites is 1. The molecule has 7 nitrogen and oxygen atoms in total. The number of fused-ring (bicyclic) bond motifs is 1. The van der Waals surface area contributed by atoms with Gasteiger partial charge in [0.25, 0.3) is 0 Å². The van der Waals surface area contributed by atoms with Crippen LogP contribution in [-0.2, 0) is 16.8 Å². The standard InChI is InChI=1S/C25H29N5O2S/c1-25(2)20-10-4-5-11-21(20)28(3)22(25)15-18(31)17-33-24-27-26-23(29-12-6-7-13-29)30(24)16-19-9-8-14-32-19/h4-5,8-11,14-15H,6-7,12-13,16-17H2,1-3H3/b22-15-. The Hall–Kier alpha value is -3.00. The Morgan fingerprint density at radius 2 is 1.94 bits per heavy atom. The Kier molecular flexibility index (Phi) is 5.78. The highest BCUT2D eigenvalue weighted by Crippen LogP contribution is 2.46. The molecule has 1 saturated heterocycles. The number of aromatic nitrogens is 3. The minimum Gasteiger partial charge on any atom is -0.467 e. The van der Waals surface area contributed by atoms with Crippen molar-refractivity contribution in [2.45, 2.75) is 43.8 Å². The van der Waals surface area contributed by atoms with E-state index in [4.69, 9.17) is 4.42 Å². The second kappa shape index (κ2) is 8.74. The number of hydrogen-bond acceptors (Lipinski definition) is 7. The summed E-state index contributed by atoms with van der Waals surface area (Å²) in [6, 6.07) is 12.2. The molecule has 4 heterocycles. The summed E-state index contributed by atoms with van der Waals surface area (Å²) < 4.78 is 7.64. The smallest absolute Gasteiger partial charge is 0.228 e. The molecule has 5 rings (SSSR count). The average molecular weight is 464 g/mol. The van der Waals surface area contributed by atoms with Crippen LogP contribution in [0.5, 0.6) is 0 Å². The first kappa shape index (κ1) is 21.8. The molecule has 0 radical (unpaired) electrons. The van der Waals surface area contributed by atoms with Crippen molar-refractivity contribution in [2.75, 3.05) is 35.7 Å². The zero-order chi connectivity index (χ0) is 23.0. The summed E-state index contributed by atoms with van der Waals surface area (Å²) in [6.45, 7) is 6.85. The summed E-state index contributed by atoms with van der Waals surface area (Å²) in [7, 11) is 2.03.